The number of carbonyl (C=O) groups excluding carboxylic acids is 1. The van der Waals surface area contributed by atoms with Gasteiger partial charge in [-0.15, -0.1) is 0 Å². The number of hydrogen-bond donors (Lipinski definition) is 1. The van der Waals surface area contributed by atoms with Crippen molar-refractivity contribution >= 4 is 46.5 Å². The molecule has 3 aromatic rings. The maximum atomic E-state index is 13.2. The van der Waals surface area contributed by atoms with Gasteiger partial charge >= 0.3 is 0 Å². The minimum atomic E-state index is -1.12. The third-order valence-corrected chi connectivity index (χ3v) is 5.58. The van der Waals surface area contributed by atoms with Crippen LogP contribution in [0.25, 0.3) is 0 Å². The molecule has 3 aromatic carbocycles. The van der Waals surface area contributed by atoms with E-state index in [1.54, 1.807) is 24.3 Å². The molecular formula is C22H15Cl3N2O. The lowest BCUT2D eigenvalue weighted by molar-refractivity contribution is -0.124. The van der Waals surface area contributed by atoms with E-state index in [0.29, 0.717) is 27.3 Å². The molecule has 1 aliphatic heterocycles. The number of hydrogen-bond acceptors (Lipinski definition) is 2. The topological polar surface area (TPSA) is 41.5 Å². The summed E-state index contributed by atoms with van der Waals surface area (Å²) in [7, 11) is 0. The summed E-state index contributed by atoms with van der Waals surface area (Å²) in [6.45, 7) is 0. The second-order valence-electron chi connectivity index (χ2n) is 6.56. The maximum absolute atomic E-state index is 13.2. The monoisotopic (exact) mass is 428 g/mol. The highest BCUT2D eigenvalue weighted by Gasteiger charge is 2.45. The summed E-state index contributed by atoms with van der Waals surface area (Å²) in [4.78, 5) is 18.1. The van der Waals surface area contributed by atoms with Crippen molar-refractivity contribution in [2.24, 2.45) is 4.99 Å². The number of rotatable bonds is 4. The normalized spacial score (nSPS) is 18.7. The van der Waals surface area contributed by atoms with E-state index in [2.05, 4.69) is 5.32 Å². The Morgan fingerprint density at radius 2 is 1.54 bits per heavy atom. The standard InChI is InChI=1S/C22H15Cl3N2O/c23-17-9-6-14(7-10-17)20-26-21(28)22(27-20,16-4-2-1-3-5-16)13-15-8-11-18(24)12-19(15)25/h1-12H,13H2,(H,26,27,28). The van der Waals surface area contributed by atoms with Crippen LogP contribution >= 0.6 is 34.8 Å². The Labute approximate surface area is 178 Å². The first-order chi connectivity index (χ1) is 13.5. The highest BCUT2D eigenvalue weighted by atomic mass is 35.5. The minimum absolute atomic E-state index is 0.199. The lowest BCUT2D eigenvalue weighted by atomic mass is 9.84. The second kappa shape index (κ2) is 7.59. The van der Waals surface area contributed by atoms with Gasteiger partial charge in [0.2, 0.25) is 0 Å². The van der Waals surface area contributed by atoms with Gasteiger partial charge in [-0.1, -0.05) is 71.2 Å². The largest absolute Gasteiger partial charge is 0.308 e. The summed E-state index contributed by atoms with van der Waals surface area (Å²) < 4.78 is 0. The highest BCUT2D eigenvalue weighted by Crippen LogP contribution is 2.37. The van der Waals surface area contributed by atoms with Crippen LogP contribution in [0.4, 0.5) is 0 Å². The average Bonchev–Trinajstić information content (AvgIpc) is 3.03. The SMILES string of the molecule is O=C1NC(c2ccc(Cl)cc2)=NC1(Cc1ccc(Cl)cc1Cl)c1ccccc1. The van der Waals surface area contributed by atoms with E-state index in [1.165, 1.54) is 0 Å². The molecule has 4 rings (SSSR count). The Kier molecular flexibility index (Phi) is 5.15. The molecule has 0 bridgehead atoms. The van der Waals surface area contributed by atoms with Crippen molar-refractivity contribution in [2.75, 3.05) is 0 Å². The molecule has 0 aromatic heterocycles. The van der Waals surface area contributed by atoms with Crippen LogP contribution in [0, 0.1) is 0 Å². The average molecular weight is 430 g/mol. The van der Waals surface area contributed by atoms with Crippen molar-refractivity contribution < 1.29 is 4.79 Å². The predicted molar refractivity (Wildman–Crippen MR) is 114 cm³/mol. The van der Waals surface area contributed by atoms with Gasteiger partial charge in [-0.25, -0.2) is 4.99 Å². The molecule has 0 radical (unpaired) electrons. The second-order valence-corrected chi connectivity index (χ2v) is 7.84. The Balaban J connectivity index is 1.84. The van der Waals surface area contributed by atoms with Gasteiger partial charge in [0.15, 0.2) is 5.54 Å². The molecule has 1 heterocycles. The van der Waals surface area contributed by atoms with Gasteiger partial charge in [0.25, 0.3) is 5.91 Å². The molecule has 1 aliphatic rings. The zero-order chi connectivity index (χ0) is 19.7. The van der Waals surface area contributed by atoms with Crippen molar-refractivity contribution in [1.82, 2.24) is 5.32 Å². The summed E-state index contributed by atoms with van der Waals surface area (Å²) in [5.74, 6) is 0.310. The summed E-state index contributed by atoms with van der Waals surface area (Å²) in [5.41, 5.74) is 1.26. The van der Waals surface area contributed by atoms with Gasteiger partial charge < -0.3 is 5.32 Å². The summed E-state index contributed by atoms with van der Waals surface area (Å²) in [6.07, 6.45) is 0.315. The Bertz CT molecular complexity index is 1060. The predicted octanol–water partition coefficient (Wildman–Crippen LogP) is 5.66. The first-order valence-corrected chi connectivity index (χ1v) is 9.78. The molecule has 0 fully saturated rings. The van der Waals surface area contributed by atoms with E-state index >= 15 is 0 Å². The van der Waals surface area contributed by atoms with Crippen LogP contribution in [0.5, 0.6) is 0 Å². The van der Waals surface area contributed by atoms with Crippen LogP contribution < -0.4 is 5.32 Å². The number of nitrogens with zero attached hydrogens (tertiary/aromatic N) is 1. The summed E-state index contributed by atoms with van der Waals surface area (Å²) >= 11 is 18.4. The number of carbonyl (C=O) groups is 1. The molecule has 1 amide bonds. The van der Waals surface area contributed by atoms with Gasteiger partial charge in [-0.3, -0.25) is 4.79 Å². The number of amidine groups is 1. The van der Waals surface area contributed by atoms with E-state index in [0.717, 1.165) is 16.7 Å². The van der Waals surface area contributed by atoms with Crippen LogP contribution in [0.2, 0.25) is 15.1 Å². The van der Waals surface area contributed by atoms with Crippen molar-refractivity contribution in [3.63, 3.8) is 0 Å². The molecule has 140 valence electrons. The smallest absolute Gasteiger partial charge is 0.258 e. The quantitative estimate of drug-likeness (QED) is 0.571. The summed E-state index contributed by atoms with van der Waals surface area (Å²) in [5, 5.41) is 4.60. The fourth-order valence-electron chi connectivity index (χ4n) is 3.30. The molecule has 1 N–H and O–H groups in total. The van der Waals surface area contributed by atoms with Gasteiger partial charge in [-0.05, 0) is 47.5 Å². The zero-order valence-electron chi connectivity index (χ0n) is 14.6. The van der Waals surface area contributed by atoms with Crippen LogP contribution in [0.15, 0.2) is 77.8 Å². The number of amides is 1. The fourth-order valence-corrected chi connectivity index (χ4v) is 3.90. The zero-order valence-corrected chi connectivity index (χ0v) is 16.9. The molecule has 3 nitrogen and oxygen atoms in total. The number of aliphatic imine (C=N–C) groups is 1. The van der Waals surface area contributed by atoms with E-state index < -0.39 is 5.54 Å². The Hall–Kier alpha value is -2.33. The first-order valence-electron chi connectivity index (χ1n) is 8.65. The van der Waals surface area contributed by atoms with Gasteiger partial charge in [0.05, 0.1) is 0 Å². The van der Waals surface area contributed by atoms with E-state index in [4.69, 9.17) is 39.8 Å². The third kappa shape index (κ3) is 3.53. The molecule has 0 saturated carbocycles. The Morgan fingerprint density at radius 3 is 2.21 bits per heavy atom. The number of nitrogens with one attached hydrogen (secondary N) is 1. The third-order valence-electron chi connectivity index (χ3n) is 4.74. The van der Waals surface area contributed by atoms with E-state index in [1.807, 2.05) is 48.5 Å². The van der Waals surface area contributed by atoms with Gasteiger partial charge in [0, 0.05) is 27.1 Å². The lowest BCUT2D eigenvalue weighted by Crippen LogP contribution is -2.39. The molecule has 1 unspecified atom stereocenters. The fraction of sp³-hybridized carbons (Fsp3) is 0.0909. The van der Waals surface area contributed by atoms with Gasteiger partial charge in [0.1, 0.15) is 5.84 Å². The van der Waals surface area contributed by atoms with Crippen molar-refractivity contribution in [3.05, 3.63) is 105 Å². The van der Waals surface area contributed by atoms with Crippen LogP contribution in [0.3, 0.4) is 0 Å². The minimum Gasteiger partial charge on any atom is -0.308 e. The molecule has 1 atom stereocenters. The maximum Gasteiger partial charge on any atom is 0.258 e. The highest BCUT2D eigenvalue weighted by molar-refractivity contribution is 6.35. The first kappa shape index (κ1) is 19.0. The van der Waals surface area contributed by atoms with Crippen molar-refractivity contribution in [1.29, 1.82) is 0 Å². The van der Waals surface area contributed by atoms with E-state index in [-0.39, 0.29) is 5.91 Å². The Morgan fingerprint density at radius 1 is 0.857 bits per heavy atom. The number of benzene rings is 3. The van der Waals surface area contributed by atoms with Crippen molar-refractivity contribution in [3.8, 4) is 0 Å². The van der Waals surface area contributed by atoms with Gasteiger partial charge in [-0.2, -0.15) is 0 Å². The number of halogens is 3. The van der Waals surface area contributed by atoms with E-state index in [9.17, 15) is 4.79 Å². The molecule has 0 saturated heterocycles. The molecule has 6 heteroatoms. The lowest BCUT2D eigenvalue weighted by Gasteiger charge is -2.24. The van der Waals surface area contributed by atoms with Crippen LogP contribution in [-0.4, -0.2) is 11.7 Å². The van der Waals surface area contributed by atoms with Crippen LogP contribution in [0.1, 0.15) is 16.7 Å². The molecule has 28 heavy (non-hydrogen) atoms. The molecule has 0 aliphatic carbocycles. The molecular weight excluding hydrogens is 415 g/mol. The summed E-state index contributed by atoms with van der Waals surface area (Å²) in [6, 6.07) is 22.0. The molecule has 0 spiro atoms. The van der Waals surface area contributed by atoms with Crippen molar-refractivity contribution in [2.45, 2.75) is 12.0 Å². The van der Waals surface area contributed by atoms with Crippen LogP contribution in [-0.2, 0) is 16.8 Å².